The average Bonchev–Trinajstić information content (AvgIpc) is 2.51. The van der Waals surface area contributed by atoms with Crippen LogP contribution >= 0.6 is 39.1 Å². The van der Waals surface area contributed by atoms with Crippen LogP contribution in [0.15, 0.2) is 18.2 Å². The molecule has 1 saturated carbocycles. The number of hydrogen-bond donors (Lipinski definition) is 0. The lowest BCUT2D eigenvalue weighted by molar-refractivity contribution is 0.475. The molecule has 0 aliphatic heterocycles. The first-order chi connectivity index (χ1) is 8.18. The maximum absolute atomic E-state index is 6.25. The maximum atomic E-state index is 6.25. The van der Waals surface area contributed by atoms with E-state index in [0.717, 1.165) is 11.4 Å². The monoisotopic (exact) mass is 334 g/mol. The molecule has 0 bridgehead atoms. The van der Waals surface area contributed by atoms with E-state index in [9.17, 15) is 0 Å². The number of alkyl halides is 1. The fraction of sp³-hybridized carbons (Fsp3) is 0.571. The van der Waals surface area contributed by atoms with Crippen LogP contribution in [0.4, 0.5) is 0 Å². The third kappa shape index (κ3) is 3.62. The highest BCUT2D eigenvalue weighted by molar-refractivity contribution is 9.09. The van der Waals surface area contributed by atoms with Crippen molar-refractivity contribution in [3.05, 3.63) is 33.8 Å². The number of hydrogen-bond acceptors (Lipinski definition) is 0. The fourth-order valence-electron chi connectivity index (χ4n) is 2.56. The van der Waals surface area contributed by atoms with Crippen LogP contribution in [0, 0.1) is 5.92 Å². The third-order valence-electron chi connectivity index (χ3n) is 3.58. The van der Waals surface area contributed by atoms with Gasteiger partial charge in [-0.15, -0.1) is 0 Å². The molecule has 0 aromatic heterocycles. The topological polar surface area (TPSA) is 0 Å². The minimum Gasteiger partial charge on any atom is -0.0888 e. The van der Waals surface area contributed by atoms with E-state index in [4.69, 9.17) is 23.2 Å². The minimum atomic E-state index is 0.625. The van der Waals surface area contributed by atoms with E-state index in [1.54, 1.807) is 0 Å². The van der Waals surface area contributed by atoms with Gasteiger partial charge in [0.05, 0.1) is 10.0 Å². The first-order valence-corrected chi connectivity index (χ1v) is 7.92. The van der Waals surface area contributed by atoms with Gasteiger partial charge in [-0.25, -0.2) is 0 Å². The Kier molecular flexibility index (Phi) is 5.20. The molecule has 3 heteroatoms. The summed E-state index contributed by atoms with van der Waals surface area (Å²) in [7, 11) is 0. The molecule has 0 nitrogen and oxygen atoms in total. The molecule has 2 atom stereocenters. The molecule has 0 spiro atoms. The van der Waals surface area contributed by atoms with Gasteiger partial charge < -0.3 is 0 Å². The highest BCUT2D eigenvalue weighted by atomic mass is 79.9. The van der Waals surface area contributed by atoms with Crippen molar-refractivity contribution in [2.75, 3.05) is 0 Å². The second-order valence-electron chi connectivity index (χ2n) is 4.83. The number of halogens is 3. The van der Waals surface area contributed by atoms with Crippen molar-refractivity contribution in [2.45, 2.75) is 43.4 Å². The Labute approximate surface area is 122 Å². The molecule has 0 saturated heterocycles. The summed E-state index contributed by atoms with van der Waals surface area (Å²) in [6, 6.07) is 5.94. The second kappa shape index (κ2) is 6.45. The van der Waals surface area contributed by atoms with E-state index in [2.05, 4.69) is 22.0 Å². The maximum Gasteiger partial charge on any atom is 0.0624 e. The molecular formula is C14H17BrCl2. The van der Waals surface area contributed by atoms with E-state index in [1.165, 1.54) is 37.7 Å². The second-order valence-corrected chi connectivity index (χ2v) is 6.79. The standard InChI is InChI=1S/C14H17BrCl2/c15-12-7-3-1-2-5-10(12)9-11-6-4-8-13(16)14(11)17/h4,6,8,10,12H,1-3,5,7,9H2. The normalized spacial score (nSPS) is 25.6. The summed E-state index contributed by atoms with van der Waals surface area (Å²) in [6.45, 7) is 0. The fourth-order valence-corrected chi connectivity index (χ4v) is 3.73. The van der Waals surface area contributed by atoms with Gasteiger partial charge in [0.2, 0.25) is 0 Å². The van der Waals surface area contributed by atoms with Gasteiger partial charge in [-0.1, -0.05) is 70.5 Å². The summed E-state index contributed by atoms with van der Waals surface area (Å²) in [5.74, 6) is 0.688. The van der Waals surface area contributed by atoms with Crippen LogP contribution in [-0.4, -0.2) is 4.83 Å². The summed E-state index contributed by atoms with van der Waals surface area (Å²) in [5, 5.41) is 1.40. The summed E-state index contributed by atoms with van der Waals surface area (Å²) in [6.07, 6.45) is 7.65. The molecule has 0 heterocycles. The highest BCUT2D eigenvalue weighted by Gasteiger charge is 2.22. The first-order valence-electron chi connectivity index (χ1n) is 6.25. The lowest BCUT2D eigenvalue weighted by Gasteiger charge is -2.20. The quantitative estimate of drug-likeness (QED) is 0.467. The molecule has 1 aliphatic rings. The lowest BCUT2D eigenvalue weighted by Crippen LogP contribution is -2.15. The molecule has 2 unspecified atom stereocenters. The summed E-state index contributed by atoms with van der Waals surface area (Å²) in [5.41, 5.74) is 1.19. The molecule has 1 aliphatic carbocycles. The molecule has 1 fully saturated rings. The van der Waals surface area contributed by atoms with Crippen molar-refractivity contribution in [1.29, 1.82) is 0 Å². The minimum absolute atomic E-state index is 0.625. The average molecular weight is 336 g/mol. The van der Waals surface area contributed by atoms with Crippen LogP contribution in [0.3, 0.4) is 0 Å². The van der Waals surface area contributed by atoms with E-state index in [0.29, 0.717) is 15.8 Å². The van der Waals surface area contributed by atoms with Crippen LogP contribution in [0.5, 0.6) is 0 Å². The largest absolute Gasteiger partial charge is 0.0888 e. The predicted molar refractivity (Wildman–Crippen MR) is 79.5 cm³/mol. The predicted octanol–water partition coefficient (Wildman–Crippen LogP) is 5.88. The van der Waals surface area contributed by atoms with Gasteiger partial charge >= 0.3 is 0 Å². The van der Waals surface area contributed by atoms with Crippen molar-refractivity contribution in [3.8, 4) is 0 Å². The van der Waals surface area contributed by atoms with Crippen LogP contribution in [0.25, 0.3) is 0 Å². The van der Waals surface area contributed by atoms with Gasteiger partial charge in [-0.2, -0.15) is 0 Å². The molecule has 94 valence electrons. The highest BCUT2D eigenvalue weighted by Crippen LogP contribution is 2.34. The summed E-state index contributed by atoms with van der Waals surface area (Å²) in [4.78, 5) is 0.625. The Morgan fingerprint density at radius 2 is 1.88 bits per heavy atom. The van der Waals surface area contributed by atoms with Crippen molar-refractivity contribution >= 4 is 39.1 Å². The molecular weight excluding hydrogens is 319 g/mol. The SMILES string of the molecule is Clc1cccc(CC2CCCCCC2Br)c1Cl. The molecule has 17 heavy (non-hydrogen) atoms. The third-order valence-corrected chi connectivity index (χ3v) is 5.64. The summed E-state index contributed by atoms with van der Waals surface area (Å²) >= 11 is 16.1. The van der Waals surface area contributed by atoms with E-state index in [1.807, 2.05) is 12.1 Å². The van der Waals surface area contributed by atoms with Crippen molar-refractivity contribution in [2.24, 2.45) is 5.92 Å². The van der Waals surface area contributed by atoms with Crippen LogP contribution in [0.2, 0.25) is 10.0 Å². The molecule has 0 amide bonds. The Morgan fingerprint density at radius 3 is 2.71 bits per heavy atom. The zero-order valence-corrected chi connectivity index (χ0v) is 12.9. The Bertz CT molecular complexity index is 378. The number of benzene rings is 1. The van der Waals surface area contributed by atoms with Crippen molar-refractivity contribution in [1.82, 2.24) is 0 Å². The van der Waals surface area contributed by atoms with Crippen molar-refractivity contribution in [3.63, 3.8) is 0 Å². The van der Waals surface area contributed by atoms with Gasteiger partial charge in [0.25, 0.3) is 0 Å². The molecule has 0 N–H and O–H groups in total. The van der Waals surface area contributed by atoms with Gasteiger partial charge in [-0.3, -0.25) is 0 Å². The van der Waals surface area contributed by atoms with E-state index >= 15 is 0 Å². The van der Waals surface area contributed by atoms with Gasteiger partial charge in [0, 0.05) is 4.83 Å². The van der Waals surface area contributed by atoms with Crippen LogP contribution < -0.4 is 0 Å². The van der Waals surface area contributed by atoms with Crippen molar-refractivity contribution < 1.29 is 0 Å². The Hall–Kier alpha value is 0.280. The van der Waals surface area contributed by atoms with Crippen LogP contribution in [0.1, 0.15) is 37.7 Å². The lowest BCUT2D eigenvalue weighted by atomic mass is 9.92. The Balaban J connectivity index is 2.10. The molecule has 1 aromatic rings. The number of rotatable bonds is 2. The molecule has 2 rings (SSSR count). The zero-order chi connectivity index (χ0) is 12.3. The first kappa shape index (κ1) is 13.7. The van der Waals surface area contributed by atoms with Gasteiger partial charge in [0.1, 0.15) is 0 Å². The Morgan fingerprint density at radius 1 is 1.12 bits per heavy atom. The van der Waals surface area contributed by atoms with E-state index < -0.39 is 0 Å². The van der Waals surface area contributed by atoms with E-state index in [-0.39, 0.29) is 0 Å². The van der Waals surface area contributed by atoms with Gasteiger partial charge in [-0.05, 0) is 36.8 Å². The summed E-state index contributed by atoms with van der Waals surface area (Å²) < 4.78 is 0. The smallest absolute Gasteiger partial charge is 0.0624 e. The molecule has 0 radical (unpaired) electrons. The molecule has 1 aromatic carbocycles. The van der Waals surface area contributed by atoms with Crippen LogP contribution in [-0.2, 0) is 6.42 Å². The van der Waals surface area contributed by atoms with Gasteiger partial charge in [0.15, 0.2) is 0 Å². The zero-order valence-electron chi connectivity index (χ0n) is 9.76.